The Morgan fingerprint density at radius 3 is 2.40 bits per heavy atom. The van der Waals surface area contributed by atoms with E-state index in [0.717, 1.165) is 55.8 Å². The summed E-state index contributed by atoms with van der Waals surface area (Å²) in [5, 5.41) is 0. The molecule has 4 nitrogen and oxygen atoms in total. The van der Waals surface area contributed by atoms with Crippen LogP contribution in [0.4, 0.5) is 4.39 Å². The molecule has 1 saturated heterocycles. The number of carbonyl (C=O) groups is 1. The van der Waals surface area contributed by atoms with Gasteiger partial charge in [0.25, 0.3) is 0 Å². The summed E-state index contributed by atoms with van der Waals surface area (Å²) in [7, 11) is 3.30. The maximum absolute atomic E-state index is 13.1. The van der Waals surface area contributed by atoms with Gasteiger partial charge in [0.2, 0.25) is 0 Å². The Kier molecular flexibility index (Phi) is 7.86. The van der Waals surface area contributed by atoms with E-state index in [1.807, 2.05) is 24.3 Å². The van der Waals surface area contributed by atoms with Crippen molar-refractivity contribution in [3.8, 4) is 11.5 Å². The van der Waals surface area contributed by atoms with Gasteiger partial charge in [-0.25, -0.2) is 4.39 Å². The van der Waals surface area contributed by atoms with Crippen LogP contribution in [0.1, 0.15) is 43.2 Å². The number of methoxy groups -OCH3 is 2. The van der Waals surface area contributed by atoms with Crippen molar-refractivity contribution in [2.75, 3.05) is 33.9 Å². The third-order valence-electron chi connectivity index (χ3n) is 6.17. The molecule has 0 spiro atoms. The lowest BCUT2D eigenvalue weighted by Gasteiger charge is -2.36. The Hall–Kier alpha value is -2.40. The van der Waals surface area contributed by atoms with Crippen LogP contribution >= 0.6 is 0 Å². The van der Waals surface area contributed by atoms with Crippen molar-refractivity contribution in [2.24, 2.45) is 5.92 Å². The normalized spacial score (nSPS) is 16.3. The topological polar surface area (TPSA) is 38.8 Å². The Morgan fingerprint density at radius 2 is 1.80 bits per heavy atom. The minimum atomic E-state index is -0.191. The highest BCUT2D eigenvalue weighted by Gasteiger charge is 2.31. The molecule has 1 aliphatic rings. The third kappa shape index (κ3) is 5.60. The molecule has 0 saturated carbocycles. The number of ether oxygens (including phenoxy) is 2. The molecule has 30 heavy (non-hydrogen) atoms. The number of halogens is 1. The molecule has 0 radical (unpaired) electrons. The van der Waals surface area contributed by atoms with E-state index in [0.29, 0.717) is 18.1 Å². The molecule has 5 heteroatoms. The van der Waals surface area contributed by atoms with E-state index < -0.39 is 0 Å². The fourth-order valence-electron chi connectivity index (χ4n) is 4.56. The number of Topliss-reactive ketones (excluding diaryl/α,β-unsaturated/α-hetero) is 1. The van der Waals surface area contributed by atoms with Crippen molar-refractivity contribution >= 4 is 5.78 Å². The minimum Gasteiger partial charge on any atom is -0.493 e. The van der Waals surface area contributed by atoms with E-state index in [1.165, 1.54) is 12.1 Å². The smallest absolute Gasteiger partial charge is 0.164 e. The summed E-state index contributed by atoms with van der Waals surface area (Å²) in [4.78, 5) is 14.5. The number of hydrogen-bond acceptors (Lipinski definition) is 4. The molecule has 1 atom stereocenters. The van der Waals surface area contributed by atoms with Crippen LogP contribution in [0.25, 0.3) is 0 Å². The van der Waals surface area contributed by atoms with E-state index in [4.69, 9.17) is 9.47 Å². The van der Waals surface area contributed by atoms with Gasteiger partial charge in [-0.15, -0.1) is 0 Å². The molecule has 2 aromatic rings. The highest BCUT2D eigenvalue weighted by Crippen LogP contribution is 2.43. The maximum Gasteiger partial charge on any atom is 0.164 e. The predicted molar refractivity (Wildman–Crippen MR) is 117 cm³/mol. The van der Waals surface area contributed by atoms with Crippen LogP contribution in [0.5, 0.6) is 11.5 Å². The van der Waals surface area contributed by atoms with E-state index in [9.17, 15) is 9.18 Å². The van der Waals surface area contributed by atoms with Gasteiger partial charge >= 0.3 is 0 Å². The van der Waals surface area contributed by atoms with Crippen LogP contribution in [0.3, 0.4) is 0 Å². The second-order valence-corrected chi connectivity index (χ2v) is 8.15. The Balaban J connectivity index is 1.66. The average molecular weight is 414 g/mol. The van der Waals surface area contributed by atoms with Crippen molar-refractivity contribution in [3.63, 3.8) is 0 Å². The van der Waals surface area contributed by atoms with Crippen LogP contribution in [0.2, 0.25) is 0 Å². The molecule has 0 aliphatic carbocycles. The molecular weight excluding hydrogens is 381 g/mol. The van der Waals surface area contributed by atoms with E-state index >= 15 is 0 Å². The van der Waals surface area contributed by atoms with Crippen LogP contribution in [0.15, 0.2) is 42.5 Å². The number of ketones is 1. The van der Waals surface area contributed by atoms with E-state index in [2.05, 4.69) is 11.0 Å². The third-order valence-corrected chi connectivity index (χ3v) is 6.17. The molecule has 0 N–H and O–H groups in total. The lowest BCUT2D eigenvalue weighted by Crippen LogP contribution is -2.37. The largest absolute Gasteiger partial charge is 0.493 e. The van der Waals surface area contributed by atoms with Crippen LogP contribution in [-0.4, -0.2) is 44.5 Å². The highest BCUT2D eigenvalue weighted by molar-refractivity contribution is 5.76. The van der Waals surface area contributed by atoms with E-state index in [1.54, 1.807) is 21.1 Å². The Bertz CT molecular complexity index is 829. The van der Waals surface area contributed by atoms with Crippen molar-refractivity contribution in [3.05, 3.63) is 59.4 Å². The zero-order valence-electron chi connectivity index (χ0n) is 18.2. The number of piperidine rings is 1. The summed E-state index contributed by atoms with van der Waals surface area (Å²) < 4.78 is 24.2. The van der Waals surface area contributed by atoms with Crippen molar-refractivity contribution in [1.82, 2.24) is 4.90 Å². The lowest BCUT2D eigenvalue weighted by atomic mass is 9.77. The quantitative estimate of drug-likeness (QED) is 0.588. The molecule has 1 heterocycles. The number of likely N-dealkylation sites (tertiary alicyclic amines) is 1. The number of benzene rings is 2. The second kappa shape index (κ2) is 10.6. The SMILES string of the molecule is COc1cccc([C@H](CC(C)=O)C2CCN(CCc3ccc(F)cc3)CC2)c1OC. The van der Waals surface area contributed by atoms with Gasteiger partial charge in [0.15, 0.2) is 11.5 Å². The molecule has 162 valence electrons. The predicted octanol–water partition coefficient (Wildman–Crippen LogP) is 4.86. The molecule has 3 rings (SSSR count). The summed E-state index contributed by atoms with van der Waals surface area (Å²) in [5.41, 5.74) is 2.23. The maximum atomic E-state index is 13.1. The first-order valence-electron chi connectivity index (χ1n) is 10.7. The van der Waals surface area contributed by atoms with Crippen LogP contribution in [0, 0.1) is 11.7 Å². The fourth-order valence-corrected chi connectivity index (χ4v) is 4.56. The van der Waals surface area contributed by atoms with Crippen molar-refractivity contribution in [2.45, 2.75) is 38.5 Å². The molecule has 1 fully saturated rings. The van der Waals surface area contributed by atoms with Gasteiger partial charge in [0.1, 0.15) is 11.6 Å². The van der Waals surface area contributed by atoms with Gasteiger partial charge in [-0.05, 0) is 74.9 Å². The first-order chi connectivity index (χ1) is 14.5. The molecule has 0 amide bonds. The molecule has 1 aliphatic heterocycles. The van der Waals surface area contributed by atoms with Gasteiger partial charge in [0, 0.05) is 18.5 Å². The van der Waals surface area contributed by atoms with Crippen LogP contribution in [-0.2, 0) is 11.2 Å². The van der Waals surface area contributed by atoms with Gasteiger partial charge in [-0.1, -0.05) is 24.3 Å². The average Bonchev–Trinajstić information content (AvgIpc) is 2.76. The standard InChI is InChI=1S/C25H32FNO3/c1-18(28)17-23(22-5-4-6-24(29-2)25(22)30-3)20-12-15-27(16-13-20)14-11-19-7-9-21(26)10-8-19/h4-10,20,23H,11-17H2,1-3H3/t23-/m1/s1. The second-order valence-electron chi connectivity index (χ2n) is 8.15. The number of rotatable bonds is 9. The first kappa shape index (κ1) is 22.3. The zero-order chi connectivity index (χ0) is 21.5. The summed E-state index contributed by atoms with van der Waals surface area (Å²) in [6, 6.07) is 12.7. The molecule has 0 unspecified atom stereocenters. The minimum absolute atomic E-state index is 0.131. The lowest BCUT2D eigenvalue weighted by molar-refractivity contribution is -0.117. The fraction of sp³-hybridized carbons (Fsp3) is 0.480. The van der Waals surface area contributed by atoms with Gasteiger partial charge in [0.05, 0.1) is 14.2 Å². The summed E-state index contributed by atoms with van der Waals surface area (Å²) in [5.74, 6) is 2.02. The number of hydrogen-bond donors (Lipinski definition) is 0. The van der Waals surface area contributed by atoms with Crippen LogP contribution < -0.4 is 9.47 Å². The summed E-state index contributed by atoms with van der Waals surface area (Å²) >= 11 is 0. The number of para-hydroxylation sites is 1. The first-order valence-corrected chi connectivity index (χ1v) is 10.7. The van der Waals surface area contributed by atoms with Gasteiger partial charge in [-0.2, -0.15) is 0 Å². The Labute approximate surface area is 179 Å². The molecular formula is C25H32FNO3. The number of nitrogens with zero attached hydrogens (tertiary/aromatic N) is 1. The highest BCUT2D eigenvalue weighted by atomic mass is 19.1. The molecule has 0 bridgehead atoms. The van der Waals surface area contributed by atoms with E-state index in [-0.39, 0.29) is 17.5 Å². The molecule has 0 aromatic heterocycles. The summed E-state index contributed by atoms with van der Waals surface area (Å²) in [6.45, 7) is 4.65. The van der Waals surface area contributed by atoms with Crippen molar-refractivity contribution in [1.29, 1.82) is 0 Å². The van der Waals surface area contributed by atoms with Gasteiger partial charge in [-0.3, -0.25) is 0 Å². The van der Waals surface area contributed by atoms with Gasteiger partial charge < -0.3 is 19.2 Å². The monoisotopic (exact) mass is 413 g/mol. The molecule has 2 aromatic carbocycles. The Morgan fingerprint density at radius 1 is 1.10 bits per heavy atom. The zero-order valence-corrected chi connectivity index (χ0v) is 18.2. The summed E-state index contributed by atoms with van der Waals surface area (Å²) in [6.07, 6.45) is 3.53. The van der Waals surface area contributed by atoms with Crippen molar-refractivity contribution < 1.29 is 18.7 Å². The number of carbonyl (C=O) groups excluding carboxylic acids is 1.